The van der Waals surface area contributed by atoms with Gasteiger partial charge in [-0.25, -0.2) is 4.79 Å². The van der Waals surface area contributed by atoms with Crippen molar-refractivity contribution in [2.24, 2.45) is 0 Å². The molecule has 112 valence electrons. The largest absolute Gasteiger partial charge is 0.445 e. The lowest BCUT2D eigenvalue weighted by Gasteiger charge is -2.22. The Hall–Kier alpha value is -1.75. The van der Waals surface area contributed by atoms with Crippen LogP contribution in [0.1, 0.15) is 5.01 Å². The standard InChI is InChI=1S/C9H11F3N4O3S/c1-16(5(3-17)4-19-2)8(18)13-7-15-14-6(20-7)9(10,11)12/h3,5H,4H2,1-2H3,(H,13,15,18). The zero-order valence-electron chi connectivity index (χ0n) is 10.5. The van der Waals surface area contributed by atoms with Crippen molar-refractivity contribution < 1.29 is 27.5 Å². The molecular weight excluding hydrogens is 301 g/mol. The number of hydrogen-bond acceptors (Lipinski definition) is 6. The van der Waals surface area contributed by atoms with Crippen molar-refractivity contribution in [2.45, 2.75) is 12.2 Å². The molecule has 0 aliphatic heterocycles. The van der Waals surface area contributed by atoms with Gasteiger partial charge in [0.15, 0.2) is 0 Å². The molecule has 7 nitrogen and oxygen atoms in total. The fourth-order valence-electron chi connectivity index (χ4n) is 1.13. The molecule has 0 aliphatic rings. The van der Waals surface area contributed by atoms with Crippen LogP contribution < -0.4 is 5.32 Å². The van der Waals surface area contributed by atoms with Crippen LogP contribution in [0.4, 0.5) is 23.1 Å². The van der Waals surface area contributed by atoms with E-state index in [1.54, 1.807) is 0 Å². The van der Waals surface area contributed by atoms with Crippen molar-refractivity contribution in [3.8, 4) is 0 Å². The zero-order chi connectivity index (χ0) is 15.3. The third kappa shape index (κ3) is 4.13. The maximum Gasteiger partial charge on any atom is 0.445 e. The van der Waals surface area contributed by atoms with Gasteiger partial charge in [0.25, 0.3) is 0 Å². The molecule has 1 rings (SSSR count). The quantitative estimate of drug-likeness (QED) is 0.827. The van der Waals surface area contributed by atoms with Gasteiger partial charge in [-0.2, -0.15) is 13.2 Å². The molecule has 2 amide bonds. The van der Waals surface area contributed by atoms with E-state index >= 15 is 0 Å². The number of rotatable bonds is 5. The molecule has 1 N–H and O–H groups in total. The van der Waals surface area contributed by atoms with E-state index in [9.17, 15) is 22.8 Å². The highest BCUT2D eigenvalue weighted by Crippen LogP contribution is 2.32. The number of nitrogens with one attached hydrogen (secondary N) is 1. The number of likely N-dealkylation sites (N-methyl/N-ethyl adjacent to an activating group) is 1. The lowest BCUT2D eigenvalue weighted by molar-refractivity contribution is -0.138. The molecule has 0 saturated heterocycles. The van der Waals surface area contributed by atoms with E-state index in [4.69, 9.17) is 4.74 Å². The van der Waals surface area contributed by atoms with Gasteiger partial charge >= 0.3 is 12.2 Å². The number of aldehydes is 1. The second-order valence-corrected chi connectivity index (χ2v) is 4.59. The molecule has 1 aromatic heterocycles. The topological polar surface area (TPSA) is 84.4 Å². The van der Waals surface area contributed by atoms with Crippen molar-refractivity contribution in [1.82, 2.24) is 15.1 Å². The highest BCUT2D eigenvalue weighted by Gasteiger charge is 2.36. The first-order valence-electron chi connectivity index (χ1n) is 5.18. The van der Waals surface area contributed by atoms with Crippen LogP contribution in [0.2, 0.25) is 0 Å². The second-order valence-electron chi connectivity index (χ2n) is 3.61. The smallest absolute Gasteiger partial charge is 0.382 e. The Balaban J connectivity index is 2.70. The van der Waals surface area contributed by atoms with Crippen molar-refractivity contribution in [3.05, 3.63) is 5.01 Å². The van der Waals surface area contributed by atoms with Gasteiger partial charge < -0.3 is 14.4 Å². The molecule has 1 aromatic rings. The second kappa shape index (κ2) is 6.61. The monoisotopic (exact) mass is 312 g/mol. The summed E-state index contributed by atoms with van der Waals surface area (Å²) in [5.41, 5.74) is 0. The van der Waals surface area contributed by atoms with Crippen LogP contribution >= 0.6 is 11.3 Å². The molecule has 1 unspecified atom stereocenters. The van der Waals surface area contributed by atoms with Crippen molar-refractivity contribution in [3.63, 3.8) is 0 Å². The first-order valence-corrected chi connectivity index (χ1v) is 6.00. The summed E-state index contributed by atoms with van der Waals surface area (Å²) in [4.78, 5) is 23.4. The summed E-state index contributed by atoms with van der Waals surface area (Å²) in [5.74, 6) is 0. The first kappa shape index (κ1) is 16.3. The van der Waals surface area contributed by atoms with Crippen LogP contribution in [0.15, 0.2) is 0 Å². The first-order chi connectivity index (χ1) is 9.29. The lowest BCUT2D eigenvalue weighted by Crippen LogP contribution is -2.43. The van der Waals surface area contributed by atoms with Crippen LogP contribution in [0.3, 0.4) is 0 Å². The van der Waals surface area contributed by atoms with Crippen LogP contribution in [0.5, 0.6) is 0 Å². The minimum Gasteiger partial charge on any atom is -0.382 e. The lowest BCUT2D eigenvalue weighted by atomic mass is 10.3. The van der Waals surface area contributed by atoms with E-state index in [0.717, 1.165) is 4.90 Å². The van der Waals surface area contributed by atoms with Gasteiger partial charge in [0.2, 0.25) is 10.1 Å². The summed E-state index contributed by atoms with van der Waals surface area (Å²) in [7, 11) is 2.65. The maximum atomic E-state index is 12.3. The van der Waals surface area contributed by atoms with Crippen molar-refractivity contribution >= 4 is 28.8 Å². The summed E-state index contributed by atoms with van der Waals surface area (Å²) in [6.45, 7) is -0.0304. The Labute approximate surface area is 115 Å². The summed E-state index contributed by atoms with van der Waals surface area (Å²) >= 11 is 0.193. The third-order valence-corrected chi connectivity index (χ3v) is 3.08. The van der Waals surface area contributed by atoms with Gasteiger partial charge in [-0.05, 0) is 0 Å². The van der Waals surface area contributed by atoms with Gasteiger partial charge in [0.05, 0.1) is 6.61 Å². The average molecular weight is 312 g/mol. The number of anilines is 1. The van der Waals surface area contributed by atoms with Gasteiger partial charge in [-0.15, -0.1) is 10.2 Å². The molecule has 20 heavy (non-hydrogen) atoms. The summed E-state index contributed by atoms with van der Waals surface area (Å²) < 4.78 is 41.6. The average Bonchev–Trinajstić information content (AvgIpc) is 2.83. The number of hydrogen-bond donors (Lipinski definition) is 1. The highest BCUT2D eigenvalue weighted by atomic mass is 32.1. The highest BCUT2D eigenvalue weighted by molar-refractivity contribution is 7.15. The Morgan fingerprint density at radius 3 is 2.65 bits per heavy atom. The predicted octanol–water partition coefficient (Wildman–Crippen LogP) is 1.23. The zero-order valence-corrected chi connectivity index (χ0v) is 11.3. The molecule has 0 spiro atoms. The van der Waals surface area contributed by atoms with E-state index in [2.05, 4.69) is 15.5 Å². The normalized spacial score (nSPS) is 12.8. The van der Waals surface area contributed by atoms with E-state index in [1.807, 2.05) is 0 Å². The molecule has 0 aliphatic carbocycles. The molecule has 1 heterocycles. The van der Waals surface area contributed by atoms with Crippen LogP contribution in [0.25, 0.3) is 0 Å². The fraction of sp³-hybridized carbons (Fsp3) is 0.556. The molecule has 11 heteroatoms. The Bertz CT molecular complexity index is 479. The maximum absolute atomic E-state index is 12.3. The van der Waals surface area contributed by atoms with Crippen molar-refractivity contribution in [1.29, 1.82) is 0 Å². The number of carbonyl (C=O) groups is 2. The summed E-state index contributed by atoms with van der Waals surface area (Å²) in [6.07, 6.45) is -4.13. The van der Waals surface area contributed by atoms with Crippen molar-refractivity contribution in [2.75, 3.05) is 26.1 Å². The third-order valence-electron chi connectivity index (χ3n) is 2.19. The Morgan fingerprint density at radius 1 is 1.55 bits per heavy atom. The minimum atomic E-state index is -4.62. The summed E-state index contributed by atoms with van der Waals surface area (Å²) in [5, 5.41) is 6.77. The molecule has 0 bridgehead atoms. The van der Waals surface area contributed by atoms with Gasteiger partial charge in [-0.3, -0.25) is 5.32 Å². The number of halogens is 3. The van der Waals surface area contributed by atoms with E-state index in [1.165, 1.54) is 14.2 Å². The molecular formula is C9H11F3N4O3S. The van der Waals surface area contributed by atoms with Gasteiger partial charge in [0.1, 0.15) is 12.3 Å². The SMILES string of the molecule is COCC(C=O)N(C)C(=O)Nc1nnc(C(F)(F)F)s1. The molecule has 1 atom stereocenters. The van der Waals surface area contributed by atoms with Crippen LogP contribution in [-0.2, 0) is 15.7 Å². The predicted molar refractivity (Wildman–Crippen MR) is 63.4 cm³/mol. The van der Waals surface area contributed by atoms with Crippen LogP contribution in [-0.4, -0.2) is 54.2 Å². The van der Waals surface area contributed by atoms with E-state index < -0.39 is 23.3 Å². The molecule has 0 fully saturated rings. The fourth-order valence-corrected chi connectivity index (χ4v) is 1.73. The number of urea groups is 1. The number of alkyl halides is 3. The van der Waals surface area contributed by atoms with E-state index in [0.29, 0.717) is 6.29 Å². The Kier molecular flexibility index (Phi) is 5.39. The number of methoxy groups -OCH3 is 1. The van der Waals surface area contributed by atoms with Gasteiger partial charge in [-0.1, -0.05) is 11.3 Å². The number of amides is 2. The molecule has 0 saturated carbocycles. The number of carbonyl (C=O) groups excluding carboxylic acids is 2. The molecule has 0 radical (unpaired) electrons. The minimum absolute atomic E-state index is 0.0304. The number of nitrogens with zero attached hydrogens (tertiary/aromatic N) is 3. The summed E-state index contributed by atoms with van der Waals surface area (Å²) in [6, 6.07) is -1.64. The van der Waals surface area contributed by atoms with E-state index in [-0.39, 0.29) is 23.1 Å². The Morgan fingerprint density at radius 2 is 2.20 bits per heavy atom. The molecule has 0 aromatic carbocycles. The van der Waals surface area contributed by atoms with Crippen LogP contribution in [0, 0.1) is 0 Å². The number of ether oxygens (including phenoxy) is 1. The number of aromatic nitrogens is 2. The van der Waals surface area contributed by atoms with Gasteiger partial charge in [0, 0.05) is 14.2 Å².